The summed E-state index contributed by atoms with van der Waals surface area (Å²) < 4.78 is 0.939. The number of hydrogen-bond acceptors (Lipinski definition) is 2. The van der Waals surface area contributed by atoms with Crippen LogP contribution in [0.15, 0.2) is 22.7 Å². The minimum absolute atomic E-state index is 0.0121. The molecule has 1 atom stereocenters. The largest absolute Gasteiger partial charge is 0.351 e. The fraction of sp³-hybridized carbons (Fsp3) is 0.533. The van der Waals surface area contributed by atoms with Crippen LogP contribution in [0.5, 0.6) is 0 Å². The highest BCUT2D eigenvalue weighted by atomic mass is 79.9. The van der Waals surface area contributed by atoms with Crippen molar-refractivity contribution in [3.8, 4) is 0 Å². The SMILES string of the molecule is CCC(C)N(C)CCNC(=O)c1cc(C)cc(Br)c1. The van der Waals surface area contributed by atoms with Gasteiger partial charge in [-0.25, -0.2) is 0 Å². The zero-order valence-electron chi connectivity index (χ0n) is 12.2. The van der Waals surface area contributed by atoms with E-state index < -0.39 is 0 Å². The summed E-state index contributed by atoms with van der Waals surface area (Å²) >= 11 is 3.41. The van der Waals surface area contributed by atoms with Crippen LogP contribution in [0, 0.1) is 6.92 Å². The Morgan fingerprint density at radius 3 is 2.68 bits per heavy atom. The summed E-state index contributed by atoms with van der Waals surface area (Å²) in [5.74, 6) is -0.0121. The van der Waals surface area contributed by atoms with Crippen molar-refractivity contribution >= 4 is 21.8 Å². The summed E-state index contributed by atoms with van der Waals surface area (Å²) in [6.45, 7) is 7.89. The molecule has 0 bridgehead atoms. The normalized spacial score (nSPS) is 12.5. The predicted molar refractivity (Wildman–Crippen MR) is 83.6 cm³/mol. The molecule has 0 spiro atoms. The molecule has 1 aromatic rings. The molecular weight excluding hydrogens is 304 g/mol. The molecule has 3 nitrogen and oxygen atoms in total. The molecule has 106 valence electrons. The lowest BCUT2D eigenvalue weighted by molar-refractivity contribution is 0.0947. The third kappa shape index (κ3) is 5.33. The average molecular weight is 327 g/mol. The minimum Gasteiger partial charge on any atom is -0.351 e. The Bertz CT molecular complexity index is 414. The number of nitrogens with one attached hydrogen (secondary N) is 1. The number of amides is 1. The molecule has 1 rings (SSSR count). The van der Waals surface area contributed by atoms with Crippen LogP contribution in [0.3, 0.4) is 0 Å². The lowest BCUT2D eigenvalue weighted by Crippen LogP contribution is -2.37. The maximum atomic E-state index is 12.0. The van der Waals surface area contributed by atoms with E-state index in [1.54, 1.807) is 0 Å². The van der Waals surface area contributed by atoms with E-state index in [2.05, 4.69) is 47.0 Å². The number of carbonyl (C=O) groups is 1. The van der Waals surface area contributed by atoms with Gasteiger partial charge in [-0.3, -0.25) is 4.79 Å². The lowest BCUT2D eigenvalue weighted by Gasteiger charge is -2.23. The molecule has 0 fully saturated rings. The van der Waals surface area contributed by atoms with Crippen LogP contribution in [0.25, 0.3) is 0 Å². The van der Waals surface area contributed by atoms with Crippen molar-refractivity contribution in [2.24, 2.45) is 0 Å². The lowest BCUT2D eigenvalue weighted by atomic mass is 10.1. The van der Waals surface area contributed by atoms with Crippen LogP contribution in [0.4, 0.5) is 0 Å². The van der Waals surface area contributed by atoms with Gasteiger partial charge in [0.15, 0.2) is 0 Å². The van der Waals surface area contributed by atoms with Gasteiger partial charge >= 0.3 is 0 Å². The first kappa shape index (κ1) is 16.2. The van der Waals surface area contributed by atoms with Gasteiger partial charge in [0.25, 0.3) is 5.91 Å². The second kappa shape index (κ2) is 7.65. The molecule has 0 aliphatic rings. The van der Waals surface area contributed by atoms with E-state index in [1.165, 1.54) is 0 Å². The number of carbonyl (C=O) groups excluding carboxylic acids is 1. The Balaban J connectivity index is 2.47. The maximum absolute atomic E-state index is 12.0. The van der Waals surface area contributed by atoms with Crippen LogP contribution in [0.1, 0.15) is 36.2 Å². The Kier molecular flexibility index (Phi) is 6.52. The summed E-state index contributed by atoms with van der Waals surface area (Å²) in [5, 5.41) is 2.96. The van der Waals surface area contributed by atoms with E-state index in [0.29, 0.717) is 18.2 Å². The Morgan fingerprint density at radius 2 is 2.11 bits per heavy atom. The summed E-state index contributed by atoms with van der Waals surface area (Å²) in [7, 11) is 2.09. The van der Waals surface area contributed by atoms with Gasteiger partial charge in [-0.05, 0) is 51.1 Å². The number of halogens is 1. The molecule has 0 aliphatic carbocycles. The smallest absolute Gasteiger partial charge is 0.251 e. The number of aryl methyl sites for hydroxylation is 1. The molecule has 1 unspecified atom stereocenters. The van der Waals surface area contributed by atoms with Gasteiger partial charge in [0, 0.05) is 29.2 Å². The van der Waals surface area contributed by atoms with Gasteiger partial charge in [-0.2, -0.15) is 0 Å². The Morgan fingerprint density at radius 1 is 1.42 bits per heavy atom. The molecule has 0 saturated carbocycles. The quantitative estimate of drug-likeness (QED) is 0.870. The van der Waals surface area contributed by atoms with E-state index in [4.69, 9.17) is 0 Å². The fourth-order valence-electron chi connectivity index (χ4n) is 1.85. The van der Waals surface area contributed by atoms with Gasteiger partial charge in [0.05, 0.1) is 0 Å². The van der Waals surface area contributed by atoms with Crippen molar-refractivity contribution < 1.29 is 4.79 Å². The predicted octanol–water partition coefficient (Wildman–Crippen LogP) is 3.22. The molecule has 0 aromatic heterocycles. The molecule has 4 heteroatoms. The first-order valence-electron chi connectivity index (χ1n) is 6.69. The zero-order chi connectivity index (χ0) is 14.4. The van der Waals surface area contributed by atoms with Crippen molar-refractivity contribution in [1.29, 1.82) is 0 Å². The van der Waals surface area contributed by atoms with Gasteiger partial charge in [0.1, 0.15) is 0 Å². The topological polar surface area (TPSA) is 32.3 Å². The summed E-state index contributed by atoms with van der Waals surface area (Å²) in [6, 6.07) is 6.29. The monoisotopic (exact) mass is 326 g/mol. The van der Waals surface area contributed by atoms with E-state index in [1.807, 2.05) is 25.1 Å². The molecule has 0 saturated heterocycles. The van der Waals surface area contributed by atoms with Gasteiger partial charge in [-0.15, -0.1) is 0 Å². The number of benzene rings is 1. The van der Waals surface area contributed by atoms with Crippen LogP contribution in [-0.4, -0.2) is 37.0 Å². The van der Waals surface area contributed by atoms with Crippen molar-refractivity contribution in [3.05, 3.63) is 33.8 Å². The molecule has 1 N–H and O–H groups in total. The second-order valence-electron chi connectivity index (χ2n) is 5.01. The maximum Gasteiger partial charge on any atom is 0.251 e. The van der Waals surface area contributed by atoms with E-state index in [9.17, 15) is 4.79 Å². The molecule has 0 aliphatic heterocycles. The van der Waals surface area contributed by atoms with Crippen molar-refractivity contribution in [1.82, 2.24) is 10.2 Å². The molecule has 19 heavy (non-hydrogen) atoms. The molecule has 1 amide bonds. The molecule has 0 heterocycles. The van der Waals surface area contributed by atoms with Gasteiger partial charge < -0.3 is 10.2 Å². The number of hydrogen-bond donors (Lipinski definition) is 1. The van der Waals surface area contributed by atoms with E-state index >= 15 is 0 Å². The number of likely N-dealkylation sites (N-methyl/N-ethyl adjacent to an activating group) is 1. The molecule has 1 aromatic carbocycles. The van der Waals surface area contributed by atoms with Crippen molar-refractivity contribution in [2.75, 3.05) is 20.1 Å². The number of nitrogens with zero attached hydrogens (tertiary/aromatic N) is 1. The second-order valence-corrected chi connectivity index (χ2v) is 5.93. The van der Waals surface area contributed by atoms with Gasteiger partial charge in [-0.1, -0.05) is 22.9 Å². The first-order valence-corrected chi connectivity index (χ1v) is 7.49. The van der Waals surface area contributed by atoms with E-state index in [-0.39, 0.29) is 5.91 Å². The highest BCUT2D eigenvalue weighted by molar-refractivity contribution is 9.10. The third-order valence-electron chi connectivity index (χ3n) is 3.40. The molecule has 0 radical (unpaired) electrons. The van der Waals surface area contributed by atoms with Gasteiger partial charge in [0.2, 0.25) is 0 Å². The van der Waals surface area contributed by atoms with E-state index in [0.717, 1.165) is 23.0 Å². The summed E-state index contributed by atoms with van der Waals surface area (Å²) in [6.07, 6.45) is 1.12. The van der Waals surface area contributed by atoms with Crippen molar-refractivity contribution in [3.63, 3.8) is 0 Å². The van der Waals surface area contributed by atoms with Crippen LogP contribution in [-0.2, 0) is 0 Å². The Hall–Kier alpha value is -0.870. The average Bonchev–Trinajstić information content (AvgIpc) is 2.36. The third-order valence-corrected chi connectivity index (χ3v) is 3.86. The zero-order valence-corrected chi connectivity index (χ0v) is 13.8. The Labute approximate surface area is 124 Å². The summed E-state index contributed by atoms with van der Waals surface area (Å²) in [5.41, 5.74) is 1.79. The first-order chi connectivity index (χ1) is 8.93. The highest BCUT2D eigenvalue weighted by Gasteiger charge is 2.09. The summed E-state index contributed by atoms with van der Waals surface area (Å²) in [4.78, 5) is 14.3. The van der Waals surface area contributed by atoms with Crippen molar-refractivity contribution in [2.45, 2.75) is 33.2 Å². The fourth-order valence-corrected chi connectivity index (χ4v) is 2.46. The number of rotatable bonds is 6. The minimum atomic E-state index is -0.0121. The van der Waals surface area contributed by atoms with Crippen LogP contribution < -0.4 is 5.32 Å². The molecular formula is C15H23BrN2O. The van der Waals surface area contributed by atoms with Crippen LogP contribution in [0.2, 0.25) is 0 Å². The standard InChI is InChI=1S/C15H23BrN2O/c1-5-12(3)18(4)7-6-17-15(19)13-8-11(2)9-14(16)10-13/h8-10,12H,5-7H2,1-4H3,(H,17,19). The highest BCUT2D eigenvalue weighted by Crippen LogP contribution is 2.15. The van der Waals surface area contributed by atoms with Crippen LogP contribution >= 0.6 is 15.9 Å².